The van der Waals surface area contributed by atoms with Gasteiger partial charge in [-0.05, 0) is 18.6 Å². The SMILES string of the molecule is Cc1cnccc1-c1nc(NN)cc(C(C)(C)C)n1. The number of nitrogens with one attached hydrogen (secondary N) is 1. The zero-order chi connectivity index (χ0) is 14.0. The lowest BCUT2D eigenvalue weighted by atomic mass is 9.91. The summed E-state index contributed by atoms with van der Waals surface area (Å²) in [6.07, 6.45) is 3.54. The van der Waals surface area contributed by atoms with Crippen molar-refractivity contribution in [3.8, 4) is 11.4 Å². The molecule has 0 bridgehead atoms. The molecule has 2 aromatic rings. The number of nitrogens with two attached hydrogens (primary N) is 1. The minimum absolute atomic E-state index is 0.0653. The zero-order valence-corrected chi connectivity index (χ0v) is 11.7. The van der Waals surface area contributed by atoms with Gasteiger partial charge in [-0.25, -0.2) is 15.8 Å². The fraction of sp³-hybridized carbons (Fsp3) is 0.357. The number of aromatic nitrogens is 3. The summed E-state index contributed by atoms with van der Waals surface area (Å²) in [5, 5.41) is 0. The molecule has 0 atom stereocenters. The minimum Gasteiger partial charge on any atom is -0.308 e. The van der Waals surface area contributed by atoms with Crippen molar-refractivity contribution in [3.05, 3.63) is 35.8 Å². The van der Waals surface area contributed by atoms with Gasteiger partial charge in [0.15, 0.2) is 5.82 Å². The topological polar surface area (TPSA) is 76.7 Å². The highest BCUT2D eigenvalue weighted by atomic mass is 15.3. The van der Waals surface area contributed by atoms with Gasteiger partial charge in [0.05, 0.1) is 5.69 Å². The van der Waals surface area contributed by atoms with Gasteiger partial charge in [0, 0.05) is 29.4 Å². The molecule has 0 aliphatic rings. The summed E-state index contributed by atoms with van der Waals surface area (Å²) in [5.74, 6) is 6.78. The first-order valence-corrected chi connectivity index (χ1v) is 6.19. The van der Waals surface area contributed by atoms with E-state index >= 15 is 0 Å². The molecule has 2 rings (SSSR count). The van der Waals surface area contributed by atoms with Gasteiger partial charge in [0.2, 0.25) is 0 Å². The summed E-state index contributed by atoms with van der Waals surface area (Å²) in [5.41, 5.74) is 5.49. The van der Waals surface area contributed by atoms with Gasteiger partial charge in [-0.15, -0.1) is 0 Å². The van der Waals surface area contributed by atoms with Crippen molar-refractivity contribution in [2.24, 2.45) is 5.84 Å². The summed E-state index contributed by atoms with van der Waals surface area (Å²) in [6.45, 7) is 8.32. The van der Waals surface area contributed by atoms with Crippen LogP contribution in [0.25, 0.3) is 11.4 Å². The molecule has 0 saturated heterocycles. The van der Waals surface area contributed by atoms with E-state index in [1.165, 1.54) is 0 Å². The average molecular weight is 257 g/mol. The highest BCUT2D eigenvalue weighted by molar-refractivity contribution is 5.61. The van der Waals surface area contributed by atoms with Crippen LogP contribution in [0.3, 0.4) is 0 Å². The van der Waals surface area contributed by atoms with Crippen LogP contribution in [0.1, 0.15) is 32.0 Å². The standard InChI is InChI=1S/C14H19N5/c1-9-8-16-6-5-10(9)13-17-11(14(2,3)4)7-12(18-13)19-15/h5-8H,15H2,1-4H3,(H,17,18,19). The Kier molecular flexibility index (Phi) is 3.48. The third kappa shape index (κ3) is 2.88. The maximum atomic E-state index is 5.49. The van der Waals surface area contributed by atoms with Gasteiger partial charge in [-0.2, -0.15) is 0 Å². The number of nitrogens with zero attached hydrogens (tertiary/aromatic N) is 3. The monoisotopic (exact) mass is 257 g/mol. The molecular formula is C14H19N5. The zero-order valence-electron chi connectivity index (χ0n) is 11.7. The summed E-state index contributed by atoms with van der Waals surface area (Å²) < 4.78 is 0. The largest absolute Gasteiger partial charge is 0.308 e. The van der Waals surface area contributed by atoms with Crippen LogP contribution in [-0.4, -0.2) is 15.0 Å². The van der Waals surface area contributed by atoms with E-state index in [9.17, 15) is 0 Å². The molecule has 0 unspecified atom stereocenters. The molecule has 100 valence electrons. The van der Waals surface area contributed by atoms with Crippen molar-refractivity contribution in [2.75, 3.05) is 5.43 Å². The van der Waals surface area contributed by atoms with E-state index in [1.54, 1.807) is 12.4 Å². The third-order valence-corrected chi connectivity index (χ3v) is 2.90. The first-order chi connectivity index (χ1) is 8.91. The van der Waals surface area contributed by atoms with Gasteiger partial charge < -0.3 is 5.43 Å². The molecule has 19 heavy (non-hydrogen) atoms. The lowest BCUT2D eigenvalue weighted by molar-refractivity contribution is 0.568. The molecule has 0 radical (unpaired) electrons. The molecule has 0 fully saturated rings. The molecule has 5 heteroatoms. The molecule has 2 heterocycles. The van der Waals surface area contributed by atoms with Crippen molar-refractivity contribution in [1.29, 1.82) is 0 Å². The van der Waals surface area contributed by atoms with Crippen molar-refractivity contribution in [3.63, 3.8) is 0 Å². The Morgan fingerprint density at radius 1 is 1.21 bits per heavy atom. The average Bonchev–Trinajstić information content (AvgIpc) is 2.37. The lowest BCUT2D eigenvalue weighted by Gasteiger charge is -2.19. The van der Waals surface area contributed by atoms with E-state index in [0.29, 0.717) is 11.6 Å². The quantitative estimate of drug-likeness (QED) is 0.638. The van der Waals surface area contributed by atoms with E-state index in [0.717, 1.165) is 16.8 Å². The first kappa shape index (κ1) is 13.4. The van der Waals surface area contributed by atoms with Crippen LogP contribution in [0.5, 0.6) is 0 Å². The summed E-state index contributed by atoms with van der Waals surface area (Å²) in [6, 6.07) is 3.79. The Morgan fingerprint density at radius 2 is 1.95 bits per heavy atom. The number of aryl methyl sites for hydroxylation is 1. The molecular weight excluding hydrogens is 238 g/mol. The normalized spacial score (nSPS) is 11.4. The smallest absolute Gasteiger partial charge is 0.162 e. The van der Waals surface area contributed by atoms with Crippen molar-refractivity contribution < 1.29 is 0 Å². The van der Waals surface area contributed by atoms with E-state index in [-0.39, 0.29) is 5.41 Å². The van der Waals surface area contributed by atoms with Crippen LogP contribution in [0.2, 0.25) is 0 Å². The van der Waals surface area contributed by atoms with Gasteiger partial charge in [-0.1, -0.05) is 20.8 Å². The molecule has 0 aliphatic heterocycles. The van der Waals surface area contributed by atoms with Gasteiger partial charge in [0.25, 0.3) is 0 Å². The summed E-state index contributed by atoms with van der Waals surface area (Å²) >= 11 is 0. The molecule has 0 aliphatic carbocycles. The highest BCUT2D eigenvalue weighted by Gasteiger charge is 2.18. The van der Waals surface area contributed by atoms with Crippen molar-refractivity contribution in [2.45, 2.75) is 33.1 Å². The predicted octanol–water partition coefficient (Wildman–Crippen LogP) is 2.43. The minimum atomic E-state index is -0.0653. The molecule has 5 nitrogen and oxygen atoms in total. The van der Waals surface area contributed by atoms with Crippen LogP contribution < -0.4 is 11.3 Å². The van der Waals surface area contributed by atoms with Crippen LogP contribution in [-0.2, 0) is 5.41 Å². The first-order valence-electron chi connectivity index (χ1n) is 6.19. The fourth-order valence-electron chi connectivity index (χ4n) is 1.75. The number of pyridine rings is 1. The second-order valence-electron chi connectivity index (χ2n) is 5.55. The number of hydrogen-bond donors (Lipinski definition) is 2. The van der Waals surface area contributed by atoms with Crippen LogP contribution in [0.15, 0.2) is 24.5 Å². The third-order valence-electron chi connectivity index (χ3n) is 2.90. The molecule has 0 amide bonds. The predicted molar refractivity (Wildman–Crippen MR) is 76.5 cm³/mol. The number of hydrazine groups is 1. The molecule has 0 spiro atoms. The summed E-state index contributed by atoms with van der Waals surface area (Å²) in [7, 11) is 0. The maximum Gasteiger partial charge on any atom is 0.162 e. The van der Waals surface area contributed by atoms with Crippen LogP contribution >= 0.6 is 0 Å². The van der Waals surface area contributed by atoms with Crippen molar-refractivity contribution >= 4 is 5.82 Å². The van der Waals surface area contributed by atoms with Crippen LogP contribution in [0, 0.1) is 6.92 Å². The van der Waals surface area contributed by atoms with E-state index in [4.69, 9.17) is 5.84 Å². The highest BCUT2D eigenvalue weighted by Crippen LogP contribution is 2.26. The second kappa shape index (κ2) is 4.93. The number of hydrogen-bond acceptors (Lipinski definition) is 5. The molecule has 3 N–H and O–H groups in total. The Bertz CT molecular complexity index is 587. The van der Waals surface area contributed by atoms with E-state index < -0.39 is 0 Å². The Hall–Kier alpha value is -2.01. The number of nitrogen functional groups attached to an aromatic ring is 1. The summed E-state index contributed by atoms with van der Waals surface area (Å²) in [4.78, 5) is 13.2. The van der Waals surface area contributed by atoms with Crippen LogP contribution in [0.4, 0.5) is 5.82 Å². The Balaban J connectivity index is 2.61. The Morgan fingerprint density at radius 3 is 2.53 bits per heavy atom. The van der Waals surface area contributed by atoms with Crippen molar-refractivity contribution in [1.82, 2.24) is 15.0 Å². The molecule has 0 saturated carbocycles. The van der Waals surface area contributed by atoms with Gasteiger partial charge in [-0.3, -0.25) is 4.98 Å². The number of anilines is 1. The Labute approximate surface area is 113 Å². The lowest BCUT2D eigenvalue weighted by Crippen LogP contribution is -2.17. The molecule has 0 aromatic carbocycles. The van der Waals surface area contributed by atoms with Gasteiger partial charge in [0.1, 0.15) is 5.82 Å². The molecule has 2 aromatic heterocycles. The van der Waals surface area contributed by atoms with E-state index in [2.05, 4.69) is 41.1 Å². The van der Waals surface area contributed by atoms with E-state index in [1.807, 2.05) is 19.1 Å². The fourth-order valence-corrected chi connectivity index (χ4v) is 1.75. The van der Waals surface area contributed by atoms with Gasteiger partial charge >= 0.3 is 0 Å². The number of rotatable bonds is 2. The maximum absolute atomic E-state index is 5.49. The second-order valence-corrected chi connectivity index (χ2v) is 5.55.